The highest BCUT2D eigenvalue weighted by Crippen LogP contribution is 2.32. The van der Waals surface area contributed by atoms with Crippen LogP contribution in [0.4, 0.5) is 5.95 Å². The van der Waals surface area contributed by atoms with Crippen molar-refractivity contribution in [2.45, 2.75) is 32.9 Å². The Morgan fingerprint density at radius 3 is 2.86 bits per heavy atom. The summed E-state index contributed by atoms with van der Waals surface area (Å²) in [7, 11) is 0. The van der Waals surface area contributed by atoms with E-state index in [1.54, 1.807) is 25.5 Å². The molecule has 144 valence electrons. The van der Waals surface area contributed by atoms with Crippen LogP contribution in [0.5, 0.6) is 0 Å². The Balaban J connectivity index is 1.79. The average Bonchev–Trinajstić information content (AvgIpc) is 3.33. The predicted octanol–water partition coefficient (Wildman–Crippen LogP) is 2.65. The van der Waals surface area contributed by atoms with Crippen LogP contribution in [0, 0.1) is 0 Å². The Morgan fingerprint density at radius 1 is 1.21 bits per heavy atom. The van der Waals surface area contributed by atoms with Crippen LogP contribution in [0.2, 0.25) is 0 Å². The van der Waals surface area contributed by atoms with Gasteiger partial charge in [0.1, 0.15) is 5.69 Å². The fraction of sp³-hybridized carbons (Fsp3) is 0.316. The summed E-state index contributed by atoms with van der Waals surface area (Å²) in [6.45, 7) is 6.24. The summed E-state index contributed by atoms with van der Waals surface area (Å²) >= 11 is 0. The van der Waals surface area contributed by atoms with Gasteiger partial charge >= 0.3 is 0 Å². The maximum absolute atomic E-state index is 9.48. The van der Waals surface area contributed by atoms with E-state index in [1.165, 1.54) is 0 Å². The van der Waals surface area contributed by atoms with Gasteiger partial charge in [-0.2, -0.15) is 10.2 Å². The summed E-state index contributed by atoms with van der Waals surface area (Å²) in [4.78, 5) is 13.3. The van der Waals surface area contributed by atoms with Gasteiger partial charge in [-0.1, -0.05) is 0 Å². The number of rotatable bonds is 6. The molecular formula is C19H22N8O. The number of aromatic nitrogens is 7. The molecule has 0 amide bonds. The number of hydrogen-bond acceptors (Lipinski definition) is 7. The number of nitrogens with one attached hydrogen (secondary N) is 2. The third-order valence-corrected chi connectivity index (χ3v) is 4.31. The number of hydrogen-bond donors (Lipinski definition) is 3. The molecule has 3 N–H and O–H groups in total. The van der Waals surface area contributed by atoms with E-state index in [0.717, 1.165) is 33.5 Å². The number of anilines is 1. The van der Waals surface area contributed by atoms with Gasteiger partial charge in [0.15, 0.2) is 5.65 Å². The molecule has 4 aromatic rings. The molecule has 4 rings (SSSR count). The summed E-state index contributed by atoms with van der Waals surface area (Å²) in [5.74, 6) is 0.463. The van der Waals surface area contributed by atoms with Crippen molar-refractivity contribution in [2.75, 3.05) is 11.9 Å². The second kappa shape index (κ2) is 7.35. The van der Waals surface area contributed by atoms with Crippen LogP contribution < -0.4 is 5.32 Å². The van der Waals surface area contributed by atoms with Gasteiger partial charge in [-0.25, -0.2) is 15.0 Å². The maximum Gasteiger partial charge on any atom is 0.223 e. The molecule has 4 heterocycles. The van der Waals surface area contributed by atoms with Gasteiger partial charge in [-0.3, -0.25) is 9.78 Å². The first-order valence-electron chi connectivity index (χ1n) is 9.15. The topological polar surface area (TPSA) is 117 Å². The lowest BCUT2D eigenvalue weighted by molar-refractivity contribution is 0.208. The van der Waals surface area contributed by atoms with Crippen molar-refractivity contribution in [3.63, 3.8) is 0 Å². The summed E-state index contributed by atoms with van der Waals surface area (Å²) in [6.07, 6.45) is 6.72. The first-order chi connectivity index (χ1) is 13.5. The maximum atomic E-state index is 9.48. The number of H-pyrrole nitrogens is 1. The van der Waals surface area contributed by atoms with Crippen molar-refractivity contribution in [3.8, 4) is 22.5 Å². The Labute approximate surface area is 161 Å². The van der Waals surface area contributed by atoms with E-state index in [-0.39, 0.29) is 6.04 Å². The van der Waals surface area contributed by atoms with Gasteiger partial charge in [0, 0.05) is 47.7 Å². The number of aliphatic hydroxyl groups is 1. The number of nitrogens with zero attached hydrogens (tertiary/aromatic N) is 6. The summed E-state index contributed by atoms with van der Waals surface area (Å²) in [5, 5.41) is 25.1. The van der Waals surface area contributed by atoms with Crippen molar-refractivity contribution in [3.05, 3.63) is 36.9 Å². The quantitative estimate of drug-likeness (QED) is 0.472. The van der Waals surface area contributed by atoms with Crippen LogP contribution in [0.1, 0.15) is 26.8 Å². The van der Waals surface area contributed by atoms with Crippen LogP contribution in [0.15, 0.2) is 36.9 Å². The van der Waals surface area contributed by atoms with Crippen molar-refractivity contribution < 1.29 is 5.11 Å². The fourth-order valence-corrected chi connectivity index (χ4v) is 2.86. The van der Waals surface area contributed by atoms with Crippen LogP contribution in [0.25, 0.3) is 33.5 Å². The summed E-state index contributed by atoms with van der Waals surface area (Å²) in [5.41, 5.74) is 4.06. The van der Waals surface area contributed by atoms with Crippen LogP contribution in [0.3, 0.4) is 0 Å². The molecule has 0 bridgehead atoms. The molecule has 4 aromatic heterocycles. The van der Waals surface area contributed by atoms with Crippen molar-refractivity contribution in [1.29, 1.82) is 0 Å². The SMILES string of the molecule is CC(C)n1cc(-c2ccnc(NC[C@H](C)O)n2)c(-c2cnc3[nH]ncc3c2)n1. The molecular weight excluding hydrogens is 356 g/mol. The minimum absolute atomic E-state index is 0.202. The van der Waals surface area contributed by atoms with E-state index in [9.17, 15) is 5.11 Å². The second-order valence-corrected chi connectivity index (χ2v) is 6.99. The predicted molar refractivity (Wildman–Crippen MR) is 107 cm³/mol. The average molecular weight is 378 g/mol. The van der Waals surface area contributed by atoms with E-state index in [4.69, 9.17) is 5.10 Å². The monoisotopic (exact) mass is 378 g/mol. The normalized spacial score (nSPS) is 12.6. The van der Waals surface area contributed by atoms with Crippen molar-refractivity contribution in [1.82, 2.24) is 34.9 Å². The third-order valence-electron chi connectivity index (χ3n) is 4.31. The summed E-state index contributed by atoms with van der Waals surface area (Å²) < 4.78 is 1.91. The zero-order chi connectivity index (χ0) is 19.7. The molecule has 9 nitrogen and oxygen atoms in total. The van der Waals surface area contributed by atoms with Gasteiger partial charge in [-0.05, 0) is 32.9 Å². The van der Waals surface area contributed by atoms with Gasteiger partial charge in [0.05, 0.1) is 18.0 Å². The molecule has 1 atom stereocenters. The summed E-state index contributed by atoms with van der Waals surface area (Å²) in [6, 6.07) is 4.06. The van der Waals surface area contributed by atoms with E-state index >= 15 is 0 Å². The number of fused-ring (bicyclic) bond motifs is 1. The third kappa shape index (κ3) is 3.56. The zero-order valence-electron chi connectivity index (χ0n) is 16.0. The largest absolute Gasteiger partial charge is 0.392 e. The van der Waals surface area contributed by atoms with E-state index in [0.29, 0.717) is 12.5 Å². The van der Waals surface area contributed by atoms with E-state index in [2.05, 4.69) is 44.3 Å². The first-order valence-corrected chi connectivity index (χ1v) is 9.15. The second-order valence-electron chi connectivity index (χ2n) is 6.99. The lowest BCUT2D eigenvalue weighted by Crippen LogP contribution is -2.16. The molecule has 0 aromatic carbocycles. The standard InChI is InChI=1S/C19H22N8O/c1-11(2)27-10-15(16-4-5-20-19(24-16)22-7-12(3)28)17(26-27)13-6-14-9-23-25-18(14)21-8-13/h4-6,8-12,28H,7H2,1-3H3,(H,20,22,24)(H,21,23,25)/t12-/m0/s1. The minimum Gasteiger partial charge on any atom is -0.392 e. The van der Waals surface area contributed by atoms with Crippen LogP contribution >= 0.6 is 0 Å². The van der Waals surface area contributed by atoms with Gasteiger partial charge < -0.3 is 10.4 Å². The highest BCUT2D eigenvalue weighted by Gasteiger charge is 2.17. The number of pyridine rings is 1. The number of aliphatic hydroxyl groups excluding tert-OH is 1. The molecule has 0 unspecified atom stereocenters. The van der Waals surface area contributed by atoms with Gasteiger partial charge in [-0.15, -0.1) is 0 Å². The highest BCUT2D eigenvalue weighted by atomic mass is 16.3. The van der Waals surface area contributed by atoms with Crippen molar-refractivity contribution in [2.24, 2.45) is 0 Å². The molecule has 0 saturated heterocycles. The Bertz CT molecular complexity index is 1100. The minimum atomic E-state index is -0.487. The van der Waals surface area contributed by atoms with E-state index in [1.807, 2.05) is 23.0 Å². The highest BCUT2D eigenvalue weighted by molar-refractivity contribution is 5.84. The molecule has 0 aliphatic rings. The number of aromatic amines is 1. The zero-order valence-corrected chi connectivity index (χ0v) is 16.0. The Morgan fingerprint density at radius 2 is 2.07 bits per heavy atom. The molecule has 28 heavy (non-hydrogen) atoms. The lowest BCUT2D eigenvalue weighted by Gasteiger charge is -2.08. The van der Waals surface area contributed by atoms with E-state index < -0.39 is 6.10 Å². The molecule has 0 fully saturated rings. The smallest absolute Gasteiger partial charge is 0.223 e. The Kier molecular flexibility index (Phi) is 4.74. The molecule has 0 spiro atoms. The molecule has 0 aliphatic carbocycles. The fourth-order valence-electron chi connectivity index (χ4n) is 2.86. The van der Waals surface area contributed by atoms with Crippen LogP contribution in [-0.2, 0) is 0 Å². The molecule has 0 radical (unpaired) electrons. The van der Waals surface area contributed by atoms with Gasteiger partial charge in [0.2, 0.25) is 5.95 Å². The van der Waals surface area contributed by atoms with Crippen molar-refractivity contribution >= 4 is 17.0 Å². The molecule has 0 aliphatic heterocycles. The Hall–Kier alpha value is -3.33. The first kappa shape index (κ1) is 18.1. The lowest BCUT2D eigenvalue weighted by atomic mass is 10.1. The molecule has 9 heteroatoms. The molecule has 0 saturated carbocycles. The van der Waals surface area contributed by atoms with Gasteiger partial charge in [0.25, 0.3) is 0 Å². The van der Waals surface area contributed by atoms with Crippen LogP contribution in [-0.4, -0.2) is 52.7 Å².